The molecule has 0 spiro atoms. The lowest BCUT2D eigenvalue weighted by molar-refractivity contribution is 0.233. The molecule has 0 N–H and O–H groups in total. The fraction of sp³-hybridized carbons (Fsp3) is 0.471. The van der Waals surface area contributed by atoms with Gasteiger partial charge < -0.3 is 9.64 Å². The summed E-state index contributed by atoms with van der Waals surface area (Å²) in [6, 6.07) is 27.0. The van der Waals surface area contributed by atoms with E-state index in [2.05, 4.69) is 105 Å². The smallest absolute Gasteiger partial charge is 0.132 e. The van der Waals surface area contributed by atoms with E-state index in [4.69, 9.17) is 18.5 Å². The van der Waals surface area contributed by atoms with Gasteiger partial charge in [-0.05, 0) is 97.0 Å². The third-order valence-corrected chi connectivity index (χ3v) is 15.9. The summed E-state index contributed by atoms with van der Waals surface area (Å²) in [4.78, 5) is 12.5. The van der Waals surface area contributed by atoms with Crippen LogP contribution >= 0.6 is 45.7 Å². The highest BCUT2D eigenvalue weighted by molar-refractivity contribution is 7.31. The number of ether oxygens (including phenoxy) is 1. The molecule has 0 saturated carbocycles. The first-order valence-corrected chi connectivity index (χ1v) is 26.1. The minimum atomic E-state index is 0.621. The summed E-state index contributed by atoms with van der Waals surface area (Å²) >= 11 is 6.72. The van der Waals surface area contributed by atoms with Gasteiger partial charge in [0.15, 0.2) is 0 Å². The van der Waals surface area contributed by atoms with Crippen LogP contribution in [0.3, 0.4) is 0 Å². The van der Waals surface area contributed by atoms with E-state index in [0.29, 0.717) is 5.92 Å². The van der Waals surface area contributed by atoms with Crippen LogP contribution in [-0.2, 0) is 0 Å². The number of nitrogens with zero attached hydrogens (tertiary/aromatic N) is 4. The van der Waals surface area contributed by atoms with Gasteiger partial charge in [-0.25, -0.2) is 0 Å². The third-order valence-electron chi connectivity index (χ3n) is 11.9. The molecule has 0 amide bonds. The quantitative estimate of drug-likeness (QED) is 0.0507. The van der Waals surface area contributed by atoms with Gasteiger partial charge in [0, 0.05) is 54.6 Å². The standard InChI is InChI=1S/C51H64N4OS4/c1-5-9-12-14-16-18-31-55(32-19-17-15-13-10-6-2)40-25-21-39(22-26-40)45-33-46-47(58-45)34-48(59-46)50-51-49(53-60-54-51)42(35-52-50)44-30-29-43(57-44)38-23-27-41(28-24-38)56-36-37(8-4)20-11-7-3/h21-30,33-35,37H,5-20,31-32,36H2,1-4H3. The minimum Gasteiger partial charge on any atom is -0.493 e. The molecule has 0 fully saturated rings. The molecular formula is C51H64N4OS4. The van der Waals surface area contributed by atoms with Crippen LogP contribution in [0.15, 0.2) is 79.0 Å². The van der Waals surface area contributed by atoms with Gasteiger partial charge in [-0.3, -0.25) is 4.98 Å². The van der Waals surface area contributed by atoms with Crippen LogP contribution in [0.2, 0.25) is 0 Å². The Morgan fingerprint density at radius 3 is 1.83 bits per heavy atom. The summed E-state index contributed by atoms with van der Waals surface area (Å²) in [5.41, 5.74) is 7.63. The number of unbranched alkanes of at least 4 members (excludes halogenated alkanes) is 11. The predicted molar refractivity (Wildman–Crippen MR) is 266 cm³/mol. The number of benzene rings is 2. The maximum absolute atomic E-state index is 6.18. The summed E-state index contributed by atoms with van der Waals surface area (Å²) in [5.74, 6) is 1.56. The summed E-state index contributed by atoms with van der Waals surface area (Å²) in [6.07, 6.45) is 23.0. The predicted octanol–water partition coefficient (Wildman–Crippen LogP) is 17.2. The molecule has 1 atom stereocenters. The highest BCUT2D eigenvalue weighted by atomic mass is 32.1. The van der Waals surface area contributed by atoms with E-state index >= 15 is 0 Å². The fourth-order valence-corrected chi connectivity index (χ4v) is 12.0. The average Bonchev–Trinajstić information content (AvgIpc) is 4.11. The van der Waals surface area contributed by atoms with Gasteiger partial charge in [-0.2, -0.15) is 8.75 Å². The van der Waals surface area contributed by atoms with E-state index in [1.54, 1.807) is 22.7 Å². The molecule has 7 rings (SSSR count). The molecule has 0 bridgehead atoms. The van der Waals surface area contributed by atoms with Crippen molar-refractivity contribution in [3.8, 4) is 47.6 Å². The van der Waals surface area contributed by atoms with E-state index in [-0.39, 0.29) is 0 Å². The van der Waals surface area contributed by atoms with Crippen LogP contribution in [0.4, 0.5) is 5.69 Å². The molecule has 0 radical (unpaired) electrons. The van der Waals surface area contributed by atoms with Crippen LogP contribution in [0, 0.1) is 5.92 Å². The van der Waals surface area contributed by atoms with Gasteiger partial charge in [0.25, 0.3) is 0 Å². The first kappa shape index (κ1) is 44.4. The Morgan fingerprint density at radius 1 is 0.567 bits per heavy atom. The molecular weight excluding hydrogens is 813 g/mol. The first-order chi connectivity index (χ1) is 29.6. The van der Waals surface area contributed by atoms with Crippen LogP contribution in [0.1, 0.15) is 130 Å². The van der Waals surface area contributed by atoms with Crippen molar-refractivity contribution in [1.29, 1.82) is 0 Å². The van der Waals surface area contributed by atoms with Gasteiger partial charge in [-0.15, -0.1) is 34.0 Å². The van der Waals surface area contributed by atoms with Crippen LogP contribution in [-0.4, -0.2) is 33.4 Å². The zero-order chi connectivity index (χ0) is 41.5. The van der Waals surface area contributed by atoms with Crippen molar-refractivity contribution in [2.24, 2.45) is 5.92 Å². The van der Waals surface area contributed by atoms with Gasteiger partial charge in [0.1, 0.15) is 22.5 Å². The van der Waals surface area contributed by atoms with Crippen molar-refractivity contribution in [2.75, 3.05) is 24.6 Å². The lowest BCUT2D eigenvalue weighted by Gasteiger charge is -2.25. The lowest BCUT2D eigenvalue weighted by Crippen LogP contribution is -2.25. The minimum absolute atomic E-state index is 0.621. The molecule has 318 valence electrons. The van der Waals surface area contributed by atoms with Gasteiger partial charge in [0.05, 0.1) is 23.2 Å². The Labute approximate surface area is 375 Å². The van der Waals surface area contributed by atoms with Crippen molar-refractivity contribution >= 4 is 71.9 Å². The van der Waals surface area contributed by atoms with Gasteiger partial charge in [0.2, 0.25) is 0 Å². The number of hydrogen-bond donors (Lipinski definition) is 0. The maximum atomic E-state index is 6.18. The SMILES string of the molecule is CCCCCCCCN(CCCCCCCC)c1ccc(-c2cc3sc(-c4ncc(-c5ccc(-c6ccc(OCC(CC)CCCC)cc6)s5)c5nsnc45)cc3s2)cc1. The maximum Gasteiger partial charge on any atom is 0.132 e. The number of hydrogen-bond acceptors (Lipinski definition) is 9. The summed E-state index contributed by atoms with van der Waals surface area (Å²) in [7, 11) is 0. The second kappa shape index (κ2) is 23.0. The van der Waals surface area contributed by atoms with E-state index in [0.717, 1.165) is 63.9 Å². The summed E-state index contributed by atoms with van der Waals surface area (Å²) in [5, 5.41) is 0. The molecule has 1 unspecified atom stereocenters. The number of fused-ring (bicyclic) bond motifs is 2. The molecule has 5 aromatic heterocycles. The van der Waals surface area contributed by atoms with Crippen molar-refractivity contribution in [3.05, 3.63) is 79.0 Å². The number of rotatable bonds is 26. The van der Waals surface area contributed by atoms with E-state index in [1.165, 1.54) is 144 Å². The normalized spacial score (nSPS) is 12.2. The topological polar surface area (TPSA) is 51.1 Å². The number of aromatic nitrogens is 3. The summed E-state index contributed by atoms with van der Waals surface area (Å²) < 4.78 is 18.4. The zero-order valence-corrected chi connectivity index (χ0v) is 39.6. The van der Waals surface area contributed by atoms with E-state index < -0.39 is 0 Å². The summed E-state index contributed by atoms with van der Waals surface area (Å²) in [6.45, 7) is 12.2. The average molecular weight is 877 g/mol. The highest BCUT2D eigenvalue weighted by Gasteiger charge is 2.19. The molecule has 0 aliphatic rings. The number of anilines is 1. The van der Waals surface area contributed by atoms with Crippen LogP contribution < -0.4 is 9.64 Å². The Kier molecular flexibility index (Phi) is 17.0. The fourth-order valence-electron chi connectivity index (χ4n) is 8.07. The molecule has 7 aromatic rings. The van der Waals surface area contributed by atoms with Crippen LogP contribution in [0.25, 0.3) is 62.3 Å². The number of pyridine rings is 1. The molecule has 9 heteroatoms. The highest BCUT2D eigenvalue weighted by Crippen LogP contribution is 2.44. The second-order valence-electron chi connectivity index (χ2n) is 16.4. The molecule has 0 aliphatic carbocycles. The molecule has 5 heterocycles. The number of thiophene rings is 3. The molecule has 60 heavy (non-hydrogen) atoms. The van der Waals surface area contributed by atoms with Crippen molar-refractivity contribution in [3.63, 3.8) is 0 Å². The molecule has 5 nitrogen and oxygen atoms in total. The second-order valence-corrected chi connectivity index (χ2v) is 20.2. The van der Waals surface area contributed by atoms with Crippen molar-refractivity contribution in [1.82, 2.24) is 13.7 Å². The van der Waals surface area contributed by atoms with Crippen LogP contribution in [0.5, 0.6) is 5.75 Å². The van der Waals surface area contributed by atoms with Gasteiger partial charge in [-0.1, -0.05) is 123 Å². The lowest BCUT2D eigenvalue weighted by atomic mass is 10.0. The third kappa shape index (κ3) is 11.6. The van der Waals surface area contributed by atoms with Crippen molar-refractivity contribution < 1.29 is 4.74 Å². The zero-order valence-electron chi connectivity index (χ0n) is 36.3. The Bertz CT molecular complexity index is 2270. The molecule has 0 saturated heterocycles. The van der Waals surface area contributed by atoms with Crippen molar-refractivity contribution in [2.45, 2.75) is 130 Å². The Morgan fingerprint density at radius 2 is 1.15 bits per heavy atom. The molecule has 2 aromatic carbocycles. The van der Waals surface area contributed by atoms with Gasteiger partial charge >= 0.3 is 0 Å². The van der Waals surface area contributed by atoms with E-state index in [9.17, 15) is 0 Å². The molecule has 0 aliphatic heterocycles. The largest absolute Gasteiger partial charge is 0.493 e. The first-order valence-electron chi connectivity index (χ1n) is 22.9. The Hall–Kier alpha value is -3.63. The monoisotopic (exact) mass is 876 g/mol. The Balaban J connectivity index is 1.01. The van der Waals surface area contributed by atoms with E-state index in [1.807, 2.05) is 17.5 Å².